The fraction of sp³-hybridized carbons (Fsp3) is 0.231. The number of hydrogen-bond acceptors (Lipinski definition) is 3. The molecule has 1 heterocycles. The van der Waals surface area contributed by atoms with Gasteiger partial charge in [0.1, 0.15) is 11.6 Å². The number of rotatable bonds is 6. The van der Waals surface area contributed by atoms with Crippen molar-refractivity contribution in [1.82, 2.24) is 10.2 Å². The van der Waals surface area contributed by atoms with Crippen molar-refractivity contribution in [1.29, 1.82) is 0 Å². The summed E-state index contributed by atoms with van der Waals surface area (Å²) in [4.78, 5) is 27.9. The molecule has 1 fully saturated rings. The number of benzene rings is 3. The normalized spacial score (nSPS) is 17.8. The summed E-state index contributed by atoms with van der Waals surface area (Å²) in [5.41, 5.74) is 2.40. The van der Waals surface area contributed by atoms with Gasteiger partial charge in [-0.25, -0.2) is 4.39 Å². The monoisotopic (exact) mass is 432 g/mol. The Hall–Kier alpha value is -3.67. The maximum atomic E-state index is 13.1. The van der Waals surface area contributed by atoms with Gasteiger partial charge in [-0.05, 0) is 47.5 Å². The van der Waals surface area contributed by atoms with Crippen molar-refractivity contribution >= 4 is 11.8 Å². The number of methoxy groups -OCH3 is 1. The van der Waals surface area contributed by atoms with E-state index in [9.17, 15) is 14.0 Å². The van der Waals surface area contributed by atoms with Gasteiger partial charge in [0.2, 0.25) is 5.91 Å². The first-order valence-electron chi connectivity index (χ1n) is 10.6. The maximum Gasteiger partial charge on any atom is 0.253 e. The zero-order valence-electron chi connectivity index (χ0n) is 17.8. The van der Waals surface area contributed by atoms with Gasteiger partial charge >= 0.3 is 0 Å². The molecule has 1 aliphatic rings. The summed E-state index contributed by atoms with van der Waals surface area (Å²) in [5, 5.41) is 2.96. The highest BCUT2D eigenvalue weighted by Gasteiger charge is 2.40. The predicted octanol–water partition coefficient (Wildman–Crippen LogP) is 4.01. The SMILES string of the molecule is COc1ccc([C@@H]2CN(C(=O)c3ccccc3)C[C@H]2C(=O)NCc2ccc(F)cc2)cc1. The molecular weight excluding hydrogens is 407 g/mol. The molecule has 0 aliphatic carbocycles. The zero-order valence-corrected chi connectivity index (χ0v) is 17.8. The lowest BCUT2D eigenvalue weighted by Crippen LogP contribution is -2.35. The van der Waals surface area contributed by atoms with Crippen LogP contribution in [0.5, 0.6) is 5.75 Å². The molecule has 4 rings (SSSR count). The highest BCUT2D eigenvalue weighted by atomic mass is 19.1. The molecule has 1 aliphatic heterocycles. The largest absolute Gasteiger partial charge is 0.497 e. The standard InChI is InChI=1S/C26H25FN2O3/c1-32-22-13-9-19(10-14-22)23-16-29(26(31)20-5-3-2-4-6-20)17-24(23)25(30)28-15-18-7-11-21(27)12-8-18/h2-14,23-24H,15-17H2,1H3,(H,28,30)/t23-,24+/m0/s1. The predicted molar refractivity (Wildman–Crippen MR) is 120 cm³/mol. The second-order valence-corrected chi connectivity index (χ2v) is 7.91. The third-order valence-corrected chi connectivity index (χ3v) is 5.89. The molecule has 1 saturated heterocycles. The van der Waals surface area contributed by atoms with E-state index in [-0.39, 0.29) is 23.5 Å². The minimum Gasteiger partial charge on any atom is -0.497 e. The summed E-state index contributed by atoms with van der Waals surface area (Å²) >= 11 is 0. The molecule has 0 unspecified atom stereocenters. The first-order valence-corrected chi connectivity index (χ1v) is 10.6. The van der Waals surface area contributed by atoms with Gasteiger partial charge in [-0.2, -0.15) is 0 Å². The van der Waals surface area contributed by atoms with Crippen molar-refractivity contribution in [3.8, 4) is 5.75 Å². The molecule has 5 nitrogen and oxygen atoms in total. The number of halogens is 1. The minimum atomic E-state index is -0.392. The lowest BCUT2D eigenvalue weighted by Gasteiger charge is -2.18. The fourth-order valence-corrected chi connectivity index (χ4v) is 4.11. The van der Waals surface area contributed by atoms with Crippen LogP contribution in [0.3, 0.4) is 0 Å². The molecule has 0 saturated carbocycles. The van der Waals surface area contributed by atoms with Crippen molar-refractivity contribution < 1.29 is 18.7 Å². The van der Waals surface area contributed by atoms with Crippen LogP contribution in [0.4, 0.5) is 4.39 Å². The lowest BCUT2D eigenvalue weighted by atomic mass is 9.88. The Morgan fingerprint density at radius 1 is 0.969 bits per heavy atom. The first-order chi connectivity index (χ1) is 15.5. The van der Waals surface area contributed by atoms with Crippen LogP contribution in [0.2, 0.25) is 0 Å². The number of nitrogens with zero attached hydrogens (tertiary/aromatic N) is 1. The molecule has 2 amide bonds. The third kappa shape index (κ3) is 4.80. The topological polar surface area (TPSA) is 58.6 Å². The van der Waals surface area contributed by atoms with Crippen LogP contribution in [0.1, 0.15) is 27.4 Å². The highest BCUT2D eigenvalue weighted by molar-refractivity contribution is 5.95. The van der Waals surface area contributed by atoms with Gasteiger partial charge in [-0.15, -0.1) is 0 Å². The molecule has 2 atom stereocenters. The zero-order chi connectivity index (χ0) is 22.5. The van der Waals surface area contributed by atoms with Gasteiger partial charge in [-0.1, -0.05) is 42.5 Å². The Morgan fingerprint density at radius 2 is 1.66 bits per heavy atom. The summed E-state index contributed by atoms with van der Waals surface area (Å²) in [6.07, 6.45) is 0. The van der Waals surface area contributed by atoms with Gasteiger partial charge in [-0.3, -0.25) is 9.59 Å². The van der Waals surface area contributed by atoms with E-state index in [1.807, 2.05) is 42.5 Å². The summed E-state index contributed by atoms with van der Waals surface area (Å²) in [5.74, 6) is -0.318. The van der Waals surface area contributed by atoms with Crippen molar-refractivity contribution in [2.24, 2.45) is 5.92 Å². The Balaban J connectivity index is 1.53. The Kier molecular flexibility index (Phi) is 6.50. The molecule has 0 bridgehead atoms. The van der Waals surface area contributed by atoms with E-state index in [1.165, 1.54) is 12.1 Å². The van der Waals surface area contributed by atoms with Crippen LogP contribution in [0, 0.1) is 11.7 Å². The average Bonchev–Trinajstić information content (AvgIpc) is 3.29. The molecule has 0 aromatic heterocycles. The van der Waals surface area contributed by atoms with Crippen LogP contribution in [0.25, 0.3) is 0 Å². The van der Waals surface area contributed by atoms with E-state index in [4.69, 9.17) is 4.74 Å². The van der Waals surface area contributed by atoms with Crippen LogP contribution in [-0.2, 0) is 11.3 Å². The second kappa shape index (κ2) is 9.64. The third-order valence-electron chi connectivity index (χ3n) is 5.89. The van der Waals surface area contributed by atoms with Gasteiger partial charge in [0.15, 0.2) is 0 Å². The Bertz CT molecular complexity index is 1070. The highest BCUT2D eigenvalue weighted by Crippen LogP contribution is 2.34. The van der Waals surface area contributed by atoms with E-state index in [2.05, 4.69) is 5.32 Å². The number of carbonyl (C=O) groups is 2. The van der Waals surface area contributed by atoms with Crippen molar-refractivity contribution in [3.05, 3.63) is 101 Å². The van der Waals surface area contributed by atoms with E-state index in [1.54, 1.807) is 36.3 Å². The maximum absolute atomic E-state index is 13.1. The molecule has 6 heteroatoms. The Morgan fingerprint density at radius 3 is 2.31 bits per heavy atom. The van der Waals surface area contributed by atoms with E-state index >= 15 is 0 Å². The van der Waals surface area contributed by atoms with E-state index in [0.29, 0.717) is 25.2 Å². The number of likely N-dealkylation sites (tertiary alicyclic amines) is 1. The Labute approximate surface area is 186 Å². The summed E-state index contributed by atoms with van der Waals surface area (Å²) in [6.45, 7) is 1.09. The summed E-state index contributed by atoms with van der Waals surface area (Å²) in [7, 11) is 1.61. The molecule has 3 aromatic carbocycles. The fourth-order valence-electron chi connectivity index (χ4n) is 4.11. The van der Waals surface area contributed by atoms with Crippen LogP contribution in [-0.4, -0.2) is 36.9 Å². The average molecular weight is 432 g/mol. The van der Waals surface area contributed by atoms with E-state index < -0.39 is 5.92 Å². The van der Waals surface area contributed by atoms with Crippen molar-refractivity contribution in [3.63, 3.8) is 0 Å². The minimum absolute atomic E-state index is 0.0852. The molecule has 3 aromatic rings. The number of carbonyl (C=O) groups excluding carboxylic acids is 2. The number of ether oxygens (including phenoxy) is 1. The number of nitrogens with one attached hydrogen (secondary N) is 1. The van der Waals surface area contributed by atoms with Gasteiger partial charge in [0, 0.05) is 31.1 Å². The van der Waals surface area contributed by atoms with Gasteiger partial charge in [0.25, 0.3) is 5.91 Å². The summed E-state index contributed by atoms with van der Waals surface area (Å²) in [6, 6.07) is 22.8. The summed E-state index contributed by atoms with van der Waals surface area (Å²) < 4.78 is 18.4. The van der Waals surface area contributed by atoms with Gasteiger partial charge < -0.3 is 15.0 Å². The molecule has 32 heavy (non-hydrogen) atoms. The second-order valence-electron chi connectivity index (χ2n) is 7.91. The molecule has 1 N–H and O–H groups in total. The van der Waals surface area contributed by atoms with Crippen LogP contribution < -0.4 is 10.1 Å². The van der Waals surface area contributed by atoms with Gasteiger partial charge in [0.05, 0.1) is 13.0 Å². The van der Waals surface area contributed by atoms with Crippen LogP contribution >= 0.6 is 0 Å². The van der Waals surface area contributed by atoms with Crippen molar-refractivity contribution in [2.75, 3.05) is 20.2 Å². The molecular formula is C26H25FN2O3. The molecule has 164 valence electrons. The first kappa shape index (κ1) is 21.6. The number of hydrogen-bond donors (Lipinski definition) is 1. The smallest absolute Gasteiger partial charge is 0.253 e. The number of amides is 2. The quantitative estimate of drug-likeness (QED) is 0.640. The molecule has 0 radical (unpaired) electrons. The molecule has 0 spiro atoms. The lowest BCUT2D eigenvalue weighted by molar-refractivity contribution is -0.125. The van der Waals surface area contributed by atoms with E-state index in [0.717, 1.165) is 16.9 Å². The van der Waals surface area contributed by atoms with Crippen molar-refractivity contribution in [2.45, 2.75) is 12.5 Å². The van der Waals surface area contributed by atoms with Crippen LogP contribution in [0.15, 0.2) is 78.9 Å².